The number of amides is 1. The standard InChI is InChI=1S/C14H13N7O4/c1-9-5-12(21(23)24)18-20(9)8-11-17-14(25-19-11)13(22)16-7-10-3-2-4-15-6-10/h2-6H,7-8H2,1H3,(H,16,22). The van der Waals surface area contributed by atoms with Crippen LogP contribution in [0.4, 0.5) is 5.82 Å². The third kappa shape index (κ3) is 3.83. The summed E-state index contributed by atoms with van der Waals surface area (Å²) in [6.07, 6.45) is 3.27. The van der Waals surface area contributed by atoms with Crippen LogP contribution in [0.3, 0.4) is 0 Å². The van der Waals surface area contributed by atoms with Gasteiger partial charge < -0.3 is 20.0 Å². The molecule has 11 heteroatoms. The van der Waals surface area contributed by atoms with Gasteiger partial charge in [-0.05, 0) is 23.5 Å². The Morgan fingerprint density at radius 3 is 3.00 bits per heavy atom. The Hall–Kier alpha value is -3.63. The van der Waals surface area contributed by atoms with Crippen molar-refractivity contribution in [3.05, 3.63) is 63.7 Å². The van der Waals surface area contributed by atoms with Crippen LogP contribution in [0.15, 0.2) is 35.1 Å². The first-order valence-electron chi connectivity index (χ1n) is 7.21. The first kappa shape index (κ1) is 16.2. The van der Waals surface area contributed by atoms with E-state index < -0.39 is 10.8 Å². The zero-order chi connectivity index (χ0) is 17.8. The largest absolute Gasteiger partial charge is 0.390 e. The van der Waals surface area contributed by atoms with Gasteiger partial charge in [-0.1, -0.05) is 11.2 Å². The zero-order valence-electron chi connectivity index (χ0n) is 13.1. The fraction of sp³-hybridized carbons (Fsp3) is 0.214. The highest BCUT2D eigenvalue weighted by atomic mass is 16.6. The Morgan fingerprint density at radius 2 is 2.32 bits per heavy atom. The number of nitro groups is 1. The third-order valence-corrected chi connectivity index (χ3v) is 3.28. The maximum atomic E-state index is 12.0. The third-order valence-electron chi connectivity index (χ3n) is 3.28. The lowest BCUT2D eigenvalue weighted by atomic mass is 10.3. The summed E-state index contributed by atoms with van der Waals surface area (Å²) in [6.45, 7) is 2.00. The molecule has 0 radical (unpaired) electrons. The van der Waals surface area contributed by atoms with Crippen molar-refractivity contribution in [3.8, 4) is 0 Å². The molecule has 0 saturated carbocycles. The lowest BCUT2D eigenvalue weighted by molar-refractivity contribution is -0.389. The Bertz CT molecular complexity index is 903. The number of carbonyl (C=O) groups is 1. The fourth-order valence-electron chi connectivity index (χ4n) is 2.05. The van der Waals surface area contributed by atoms with Crippen molar-refractivity contribution in [3.63, 3.8) is 0 Å². The minimum absolute atomic E-state index is 0.0546. The van der Waals surface area contributed by atoms with Gasteiger partial charge in [0, 0.05) is 18.9 Å². The van der Waals surface area contributed by atoms with Gasteiger partial charge in [-0.2, -0.15) is 9.67 Å². The van der Waals surface area contributed by atoms with E-state index in [1.54, 1.807) is 25.4 Å². The van der Waals surface area contributed by atoms with Crippen molar-refractivity contribution < 1.29 is 14.2 Å². The van der Waals surface area contributed by atoms with Crippen LogP contribution >= 0.6 is 0 Å². The van der Waals surface area contributed by atoms with Gasteiger partial charge in [0.15, 0.2) is 5.82 Å². The summed E-state index contributed by atoms with van der Waals surface area (Å²) in [5.74, 6) is -0.799. The van der Waals surface area contributed by atoms with Gasteiger partial charge in [0.2, 0.25) is 0 Å². The molecule has 0 aliphatic carbocycles. The van der Waals surface area contributed by atoms with E-state index in [0.717, 1.165) is 5.56 Å². The molecule has 0 atom stereocenters. The molecular formula is C14H13N7O4. The molecule has 1 N–H and O–H groups in total. The summed E-state index contributed by atoms with van der Waals surface area (Å²) in [5, 5.41) is 20.9. The van der Waals surface area contributed by atoms with Gasteiger partial charge in [0.25, 0.3) is 0 Å². The Labute approximate surface area is 140 Å². The highest BCUT2D eigenvalue weighted by Gasteiger charge is 2.19. The summed E-state index contributed by atoms with van der Waals surface area (Å²) >= 11 is 0. The molecule has 11 nitrogen and oxygen atoms in total. The predicted octanol–water partition coefficient (Wildman–Crippen LogP) is 0.856. The van der Waals surface area contributed by atoms with Crippen molar-refractivity contribution in [1.82, 2.24) is 30.2 Å². The molecule has 3 aromatic rings. The van der Waals surface area contributed by atoms with Crippen LogP contribution in [0.2, 0.25) is 0 Å². The van der Waals surface area contributed by atoms with Crippen LogP contribution in [0, 0.1) is 17.0 Å². The van der Waals surface area contributed by atoms with E-state index >= 15 is 0 Å². The quantitative estimate of drug-likeness (QED) is 0.513. The normalized spacial score (nSPS) is 10.6. The van der Waals surface area contributed by atoms with Crippen LogP contribution in [0.5, 0.6) is 0 Å². The molecule has 1 amide bonds. The monoisotopic (exact) mass is 343 g/mol. The minimum Gasteiger partial charge on any atom is -0.358 e. The number of aryl methyl sites for hydroxylation is 1. The van der Waals surface area contributed by atoms with Crippen molar-refractivity contribution in [1.29, 1.82) is 0 Å². The zero-order valence-corrected chi connectivity index (χ0v) is 13.1. The first-order valence-corrected chi connectivity index (χ1v) is 7.21. The second kappa shape index (κ2) is 6.86. The smallest absolute Gasteiger partial charge is 0.358 e. The number of aromatic nitrogens is 5. The van der Waals surface area contributed by atoms with Crippen LogP contribution in [-0.4, -0.2) is 35.7 Å². The van der Waals surface area contributed by atoms with Gasteiger partial charge in [-0.15, -0.1) is 0 Å². The second-order valence-corrected chi connectivity index (χ2v) is 5.12. The molecule has 0 spiro atoms. The Balaban J connectivity index is 1.64. The summed E-state index contributed by atoms with van der Waals surface area (Å²) in [4.78, 5) is 30.1. The summed E-state index contributed by atoms with van der Waals surface area (Å²) < 4.78 is 6.28. The average Bonchev–Trinajstić information content (AvgIpc) is 3.21. The summed E-state index contributed by atoms with van der Waals surface area (Å²) in [7, 11) is 0. The minimum atomic E-state index is -0.586. The molecule has 128 valence electrons. The van der Waals surface area contributed by atoms with Gasteiger partial charge in [-0.3, -0.25) is 9.78 Å². The van der Waals surface area contributed by atoms with Gasteiger partial charge in [0.1, 0.15) is 6.54 Å². The van der Waals surface area contributed by atoms with Gasteiger partial charge in [-0.25, -0.2) is 0 Å². The molecule has 0 bridgehead atoms. The van der Waals surface area contributed by atoms with E-state index in [9.17, 15) is 14.9 Å². The maximum Gasteiger partial charge on any atom is 0.390 e. The Morgan fingerprint density at radius 1 is 1.48 bits per heavy atom. The Kier molecular flexibility index (Phi) is 4.46. The molecule has 25 heavy (non-hydrogen) atoms. The molecule has 0 aliphatic rings. The highest BCUT2D eigenvalue weighted by molar-refractivity contribution is 5.89. The molecule has 0 aliphatic heterocycles. The van der Waals surface area contributed by atoms with Gasteiger partial charge >= 0.3 is 17.6 Å². The van der Waals surface area contributed by atoms with Crippen LogP contribution < -0.4 is 5.32 Å². The number of pyridine rings is 1. The van der Waals surface area contributed by atoms with E-state index in [1.165, 1.54) is 10.7 Å². The molecule has 3 heterocycles. The van der Waals surface area contributed by atoms with Crippen LogP contribution in [-0.2, 0) is 13.1 Å². The van der Waals surface area contributed by atoms with Crippen molar-refractivity contribution >= 4 is 11.7 Å². The van der Waals surface area contributed by atoms with Crippen molar-refractivity contribution in [2.24, 2.45) is 0 Å². The number of nitrogens with zero attached hydrogens (tertiary/aromatic N) is 6. The molecule has 0 aromatic carbocycles. The van der Waals surface area contributed by atoms with Crippen molar-refractivity contribution in [2.75, 3.05) is 0 Å². The van der Waals surface area contributed by atoms with E-state index in [4.69, 9.17) is 4.52 Å². The molecule has 0 unspecified atom stereocenters. The number of nitrogens with one attached hydrogen (secondary N) is 1. The van der Waals surface area contributed by atoms with E-state index in [-0.39, 0.29) is 30.6 Å². The highest BCUT2D eigenvalue weighted by Crippen LogP contribution is 2.12. The van der Waals surface area contributed by atoms with E-state index in [2.05, 4.69) is 25.5 Å². The topological polar surface area (TPSA) is 142 Å². The molecule has 0 fully saturated rings. The van der Waals surface area contributed by atoms with Gasteiger partial charge in [0.05, 0.1) is 16.9 Å². The average molecular weight is 343 g/mol. The second-order valence-electron chi connectivity index (χ2n) is 5.12. The number of rotatable bonds is 6. The number of carbonyl (C=O) groups excluding carboxylic acids is 1. The molecular weight excluding hydrogens is 330 g/mol. The summed E-state index contributed by atoms with van der Waals surface area (Å²) in [6, 6.07) is 4.92. The maximum absolute atomic E-state index is 12.0. The number of hydrogen-bond acceptors (Lipinski definition) is 8. The van der Waals surface area contributed by atoms with E-state index in [0.29, 0.717) is 5.69 Å². The predicted molar refractivity (Wildman–Crippen MR) is 82.4 cm³/mol. The molecule has 3 rings (SSSR count). The van der Waals surface area contributed by atoms with Crippen LogP contribution in [0.25, 0.3) is 0 Å². The van der Waals surface area contributed by atoms with Crippen molar-refractivity contribution in [2.45, 2.75) is 20.0 Å². The molecule has 0 saturated heterocycles. The lowest BCUT2D eigenvalue weighted by Gasteiger charge is -2.00. The van der Waals surface area contributed by atoms with E-state index in [1.807, 2.05) is 6.07 Å². The molecule has 3 aromatic heterocycles. The lowest BCUT2D eigenvalue weighted by Crippen LogP contribution is -2.23. The SMILES string of the molecule is Cc1cc([N+](=O)[O-])nn1Cc1noc(C(=O)NCc2cccnc2)n1. The fourth-order valence-corrected chi connectivity index (χ4v) is 2.05. The number of hydrogen-bond donors (Lipinski definition) is 1. The van der Waals surface area contributed by atoms with Crippen LogP contribution in [0.1, 0.15) is 27.8 Å². The first-order chi connectivity index (χ1) is 12.0. The summed E-state index contributed by atoms with van der Waals surface area (Å²) in [5.41, 5.74) is 1.40.